The molecule has 20 heavy (non-hydrogen) atoms. The Bertz CT molecular complexity index is 544. The van der Waals surface area contributed by atoms with Crippen molar-refractivity contribution < 1.29 is 14.6 Å². The van der Waals surface area contributed by atoms with Gasteiger partial charge in [0.05, 0.1) is 7.11 Å². The zero-order valence-electron chi connectivity index (χ0n) is 11.2. The van der Waals surface area contributed by atoms with Gasteiger partial charge in [-0.05, 0) is 17.0 Å². The summed E-state index contributed by atoms with van der Waals surface area (Å²) in [5.74, 6) is -0.727. The Morgan fingerprint density at radius 2 is 1.90 bits per heavy atom. The molecule has 0 heterocycles. The SMILES string of the molecule is COC(=O)[C@H](Cc1ccccc1)NC([O-])=C1C=CC=C1. The van der Waals surface area contributed by atoms with Gasteiger partial charge in [-0.15, -0.1) is 0 Å². The molecule has 1 aliphatic carbocycles. The standard InChI is InChI=1S/C16H17NO3/c1-20-16(19)14(11-12-7-3-2-4-8-12)17-15(18)13-9-5-6-10-13/h2-10,14,17-18H,11H2,1H3/p-1/t14-/m0/s1. The summed E-state index contributed by atoms with van der Waals surface area (Å²) < 4.78 is 4.75. The molecule has 1 aliphatic rings. The Morgan fingerprint density at radius 3 is 2.50 bits per heavy atom. The minimum atomic E-state index is -0.690. The number of hydrogen-bond acceptors (Lipinski definition) is 4. The van der Waals surface area contributed by atoms with Crippen LogP contribution in [0.3, 0.4) is 0 Å². The quantitative estimate of drug-likeness (QED) is 0.642. The van der Waals surface area contributed by atoms with Crippen LogP contribution in [0.15, 0.2) is 66.1 Å². The fourth-order valence-corrected chi connectivity index (χ4v) is 1.95. The highest BCUT2D eigenvalue weighted by atomic mass is 16.5. The number of carbonyl (C=O) groups excluding carboxylic acids is 1. The van der Waals surface area contributed by atoms with Gasteiger partial charge in [-0.3, -0.25) is 0 Å². The number of esters is 1. The molecular formula is C16H16NO3-. The van der Waals surface area contributed by atoms with E-state index in [0.29, 0.717) is 12.0 Å². The zero-order valence-corrected chi connectivity index (χ0v) is 11.2. The summed E-state index contributed by atoms with van der Waals surface area (Å²) in [7, 11) is 1.31. The van der Waals surface area contributed by atoms with Gasteiger partial charge in [0.1, 0.15) is 6.04 Å². The van der Waals surface area contributed by atoms with E-state index in [1.54, 1.807) is 24.3 Å². The number of methoxy groups -OCH3 is 1. The molecule has 1 atom stereocenters. The molecule has 0 unspecified atom stereocenters. The second kappa shape index (κ2) is 6.61. The van der Waals surface area contributed by atoms with Gasteiger partial charge in [0.15, 0.2) is 0 Å². The molecule has 1 aromatic carbocycles. The number of allylic oxidation sites excluding steroid dienone is 5. The van der Waals surface area contributed by atoms with Gasteiger partial charge in [0.25, 0.3) is 0 Å². The summed E-state index contributed by atoms with van der Waals surface area (Å²) in [5.41, 5.74) is 1.50. The van der Waals surface area contributed by atoms with Gasteiger partial charge >= 0.3 is 5.97 Å². The molecule has 0 saturated heterocycles. The van der Waals surface area contributed by atoms with Crippen LogP contribution in [-0.4, -0.2) is 19.1 Å². The van der Waals surface area contributed by atoms with Crippen molar-refractivity contribution in [3.05, 3.63) is 71.7 Å². The van der Waals surface area contributed by atoms with Crippen molar-refractivity contribution in [2.75, 3.05) is 7.11 Å². The third-order valence-electron chi connectivity index (χ3n) is 3.00. The van der Waals surface area contributed by atoms with Crippen LogP contribution < -0.4 is 10.4 Å². The Labute approximate surface area is 118 Å². The molecule has 0 radical (unpaired) electrons. The van der Waals surface area contributed by atoms with Crippen LogP contribution in [0.25, 0.3) is 0 Å². The molecule has 4 nitrogen and oxygen atoms in total. The minimum Gasteiger partial charge on any atom is -0.860 e. The Morgan fingerprint density at radius 1 is 1.25 bits per heavy atom. The Balaban J connectivity index is 2.12. The maximum atomic E-state index is 12.0. The normalized spacial score (nSPS) is 14.2. The highest BCUT2D eigenvalue weighted by Gasteiger charge is 2.19. The molecule has 0 amide bonds. The van der Waals surface area contributed by atoms with E-state index < -0.39 is 12.0 Å². The number of rotatable bonds is 5. The number of benzene rings is 1. The van der Waals surface area contributed by atoms with E-state index in [4.69, 9.17) is 4.74 Å². The highest BCUT2D eigenvalue weighted by molar-refractivity contribution is 5.76. The smallest absolute Gasteiger partial charge is 0.328 e. The van der Waals surface area contributed by atoms with Crippen molar-refractivity contribution in [3.63, 3.8) is 0 Å². The average molecular weight is 270 g/mol. The average Bonchev–Trinajstić information content (AvgIpc) is 3.01. The summed E-state index contributed by atoms with van der Waals surface area (Å²) in [6.45, 7) is 0. The number of nitrogens with one attached hydrogen (secondary N) is 1. The first-order valence-electron chi connectivity index (χ1n) is 6.35. The minimum absolute atomic E-state index is 0.277. The van der Waals surface area contributed by atoms with Crippen molar-refractivity contribution in [1.82, 2.24) is 5.32 Å². The first kappa shape index (κ1) is 13.9. The monoisotopic (exact) mass is 270 g/mol. The lowest BCUT2D eigenvalue weighted by Crippen LogP contribution is -2.42. The second-order valence-corrected chi connectivity index (χ2v) is 4.41. The molecule has 1 aromatic rings. The van der Waals surface area contributed by atoms with Gasteiger partial charge in [0, 0.05) is 6.42 Å². The van der Waals surface area contributed by atoms with Gasteiger partial charge in [-0.25, -0.2) is 4.79 Å². The third-order valence-corrected chi connectivity index (χ3v) is 3.00. The second-order valence-electron chi connectivity index (χ2n) is 4.41. The van der Waals surface area contributed by atoms with Crippen LogP contribution in [0.2, 0.25) is 0 Å². The van der Waals surface area contributed by atoms with Crippen molar-refractivity contribution in [3.8, 4) is 0 Å². The molecule has 0 bridgehead atoms. The van der Waals surface area contributed by atoms with Crippen LogP contribution in [0, 0.1) is 0 Å². The molecule has 4 heteroatoms. The Kier molecular flexibility index (Phi) is 4.60. The molecule has 104 valence electrons. The van der Waals surface area contributed by atoms with Crippen molar-refractivity contribution in [2.45, 2.75) is 12.5 Å². The van der Waals surface area contributed by atoms with E-state index in [2.05, 4.69) is 5.32 Å². The topological polar surface area (TPSA) is 61.4 Å². The highest BCUT2D eigenvalue weighted by Crippen LogP contribution is 2.10. The lowest BCUT2D eigenvalue weighted by Gasteiger charge is -2.24. The summed E-state index contributed by atoms with van der Waals surface area (Å²) in [4.78, 5) is 11.8. The van der Waals surface area contributed by atoms with Crippen LogP contribution in [0.1, 0.15) is 5.56 Å². The van der Waals surface area contributed by atoms with E-state index in [1.165, 1.54) is 7.11 Å². The fourth-order valence-electron chi connectivity index (χ4n) is 1.95. The molecule has 0 aromatic heterocycles. The van der Waals surface area contributed by atoms with E-state index in [9.17, 15) is 9.90 Å². The molecule has 2 rings (SSSR count). The van der Waals surface area contributed by atoms with Gasteiger partial charge in [0.2, 0.25) is 0 Å². The summed E-state index contributed by atoms with van der Waals surface area (Å²) in [6.07, 6.45) is 7.36. The zero-order chi connectivity index (χ0) is 14.4. The fraction of sp³-hybridized carbons (Fsp3) is 0.188. The van der Waals surface area contributed by atoms with Crippen LogP contribution in [-0.2, 0) is 16.0 Å². The van der Waals surface area contributed by atoms with Gasteiger partial charge < -0.3 is 15.2 Å². The first-order chi connectivity index (χ1) is 9.70. The molecule has 1 N–H and O–H groups in total. The lowest BCUT2D eigenvalue weighted by molar-refractivity contribution is -0.314. The number of hydrogen-bond donors (Lipinski definition) is 1. The molecule has 0 saturated carbocycles. The molecule has 0 aliphatic heterocycles. The summed E-state index contributed by atoms with van der Waals surface area (Å²) in [5, 5.41) is 14.7. The van der Waals surface area contributed by atoms with E-state index in [-0.39, 0.29) is 5.88 Å². The van der Waals surface area contributed by atoms with Crippen LogP contribution in [0.4, 0.5) is 0 Å². The van der Waals surface area contributed by atoms with Crippen molar-refractivity contribution >= 4 is 5.97 Å². The molecule has 0 spiro atoms. The number of carbonyl (C=O) groups is 1. The predicted molar refractivity (Wildman–Crippen MR) is 74.4 cm³/mol. The third kappa shape index (κ3) is 3.51. The van der Waals surface area contributed by atoms with Crippen molar-refractivity contribution in [1.29, 1.82) is 0 Å². The number of ether oxygens (including phenoxy) is 1. The maximum absolute atomic E-state index is 12.0. The summed E-state index contributed by atoms with van der Waals surface area (Å²) in [6, 6.07) is 8.81. The first-order valence-corrected chi connectivity index (χ1v) is 6.35. The van der Waals surface area contributed by atoms with Gasteiger partial charge in [-0.1, -0.05) is 54.6 Å². The van der Waals surface area contributed by atoms with Gasteiger partial charge in [-0.2, -0.15) is 0 Å². The van der Waals surface area contributed by atoms with Crippen LogP contribution >= 0.6 is 0 Å². The van der Waals surface area contributed by atoms with Crippen LogP contribution in [0.5, 0.6) is 0 Å². The van der Waals surface area contributed by atoms with Crippen molar-refractivity contribution in [2.24, 2.45) is 0 Å². The maximum Gasteiger partial charge on any atom is 0.328 e. The van der Waals surface area contributed by atoms with E-state index in [1.807, 2.05) is 30.3 Å². The Hall–Kier alpha value is -2.49. The summed E-state index contributed by atoms with van der Waals surface area (Å²) >= 11 is 0. The van der Waals surface area contributed by atoms with E-state index >= 15 is 0 Å². The largest absolute Gasteiger partial charge is 0.860 e. The molecule has 0 fully saturated rings. The lowest BCUT2D eigenvalue weighted by atomic mass is 10.1. The molecular weight excluding hydrogens is 254 g/mol. The van der Waals surface area contributed by atoms with E-state index in [0.717, 1.165) is 5.56 Å². The predicted octanol–water partition coefficient (Wildman–Crippen LogP) is 1.06.